The van der Waals surface area contributed by atoms with Crippen LogP contribution >= 0.6 is 11.3 Å². The first-order valence-electron chi connectivity index (χ1n) is 9.58. The molecule has 0 aliphatic carbocycles. The maximum atomic E-state index is 12.8. The molecule has 0 saturated carbocycles. The molecule has 1 atom stereocenters. The SMILES string of the molecule is CCOC(=O)c1sc(NC(=O)C(CC(C)C)NS(=O)(=O)c2ccc(C)cc2)nc1C. The first-order chi connectivity index (χ1) is 14.0. The van der Waals surface area contributed by atoms with Gasteiger partial charge in [-0.3, -0.25) is 4.79 Å². The molecule has 2 rings (SSSR count). The number of nitrogens with zero attached hydrogens (tertiary/aromatic N) is 1. The number of sulfonamides is 1. The van der Waals surface area contributed by atoms with Crippen molar-refractivity contribution >= 4 is 38.4 Å². The first kappa shape index (κ1) is 24.0. The van der Waals surface area contributed by atoms with Gasteiger partial charge >= 0.3 is 5.97 Å². The molecule has 8 nitrogen and oxygen atoms in total. The number of benzene rings is 1. The molecule has 164 valence electrons. The third-order valence-corrected chi connectivity index (χ3v) is 6.68. The van der Waals surface area contributed by atoms with E-state index in [1.807, 2.05) is 20.8 Å². The number of nitrogens with one attached hydrogen (secondary N) is 2. The first-order valence-corrected chi connectivity index (χ1v) is 11.9. The fourth-order valence-electron chi connectivity index (χ4n) is 2.68. The topological polar surface area (TPSA) is 114 Å². The summed E-state index contributed by atoms with van der Waals surface area (Å²) in [6.07, 6.45) is 0.298. The maximum absolute atomic E-state index is 12.8. The highest BCUT2D eigenvalue weighted by molar-refractivity contribution is 7.89. The van der Waals surface area contributed by atoms with E-state index in [-0.39, 0.29) is 22.6 Å². The molecular weight excluding hydrogens is 426 g/mol. The fraction of sp³-hybridized carbons (Fsp3) is 0.450. The van der Waals surface area contributed by atoms with Crippen LogP contribution in [0.4, 0.5) is 5.13 Å². The van der Waals surface area contributed by atoms with E-state index in [9.17, 15) is 18.0 Å². The number of hydrogen-bond donors (Lipinski definition) is 2. The van der Waals surface area contributed by atoms with Crippen LogP contribution in [-0.2, 0) is 19.6 Å². The minimum Gasteiger partial charge on any atom is -0.462 e. The van der Waals surface area contributed by atoms with Gasteiger partial charge < -0.3 is 10.1 Å². The summed E-state index contributed by atoms with van der Waals surface area (Å²) in [4.78, 5) is 29.4. The summed E-state index contributed by atoms with van der Waals surface area (Å²) in [6, 6.07) is 5.39. The average molecular weight is 454 g/mol. The molecule has 1 unspecified atom stereocenters. The lowest BCUT2D eigenvalue weighted by molar-refractivity contribution is -0.118. The summed E-state index contributed by atoms with van der Waals surface area (Å²) >= 11 is 0.993. The molecule has 0 radical (unpaired) electrons. The van der Waals surface area contributed by atoms with Gasteiger partial charge in [-0.1, -0.05) is 42.9 Å². The van der Waals surface area contributed by atoms with E-state index in [1.165, 1.54) is 12.1 Å². The quantitative estimate of drug-likeness (QED) is 0.563. The van der Waals surface area contributed by atoms with E-state index >= 15 is 0 Å². The number of hydrogen-bond acceptors (Lipinski definition) is 7. The molecular formula is C20H27N3O5S2. The van der Waals surface area contributed by atoms with Crippen LogP contribution in [0.2, 0.25) is 0 Å². The van der Waals surface area contributed by atoms with Crippen molar-refractivity contribution in [3.63, 3.8) is 0 Å². The maximum Gasteiger partial charge on any atom is 0.350 e. The van der Waals surface area contributed by atoms with Crippen LogP contribution < -0.4 is 10.0 Å². The number of anilines is 1. The fourth-order valence-corrected chi connectivity index (χ4v) is 4.75. The van der Waals surface area contributed by atoms with Crippen LogP contribution in [0.3, 0.4) is 0 Å². The van der Waals surface area contributed by atoms with Crippen molar-refractivity contribution in [1.29, 1.82) is 0 Å². The van der Waals surface area contributed by atoms with Crippen molar-refractivity contribution in [1.82, 2.24) is 9.71 Å². The van der Waals surface area contributed by atoms with Gasteiger partial charge in [0.05, 0.1) is 17.2 Å². The van der Waals surface area contributed by atoms with Crippen LogP contribution in [-0.4, -0.2) is 37.9 Å². The lowest BCUT2D eigenvalue weighted by Crippen LogP contribution is -2.44. The normalized spacial score (nSPS) is 12.6. The number of aromatic nitrogens is 1. The van der Waals surface area contributed by atoms with Crippen LogP contribution in [0.1, 0.15) is 48.1 Å². The number of aryl methyl sites for hydroxylation is 2. The van der Waals surface area contributed by atoms with Crippen molar-refractivity contribution in [3.8, 4) is 0 Å². The third kappa shape index (κ3) is 6.35. The van der Waals surface area contributed by atoms with Gasteiger partial charge in [-0.05, 0) is 45.2 Å². The standard InChI is InChI=1S/C20H27N3O5S2/c1-6-28-19(25)17-14(5)21-20(29-17)22-18(24)16(11-12(2)3)23-30(26,27)15-9-7-13(4)8-10-15/h7-10,12,16,23H,6,11H2,1-5H3,(H,21,22,24). The highest BCUT2D eigenvalue weighted by atomic mass is 32.2. The molecule has 0 aliphatic heterocycles. The van der Waals surface area contributed by atoms with E-state index in [0.717, 1.165) is 16.9 Å². The molecule has 30 heavy (non-hydrogen) atoms. The molecule has 1 amide bonds. The number of carbonyl (C=O) groups excluding carboxylic acids is 2. The molecule has 0 aliphatic rings. The van der Waals surface area contributed by atoms with E-state index < -0.39 is 27.9 Å². The largest absolute Gasteiger partial charge is 0.462 e. The number of ether oxygens (including phenoxy) is 1. The van der Waals surface area contributed by atoms with E-state index in [0.29, 0.717) is 17.0 Å². The van der Waals surface area contributed by atoms with Gasteiger partial charge in [-0.15, -0.1) is 0 Å². The molecule has 1 heterocycles. The van der Waals surface area contributed by atoms with Crippen molar-refractivity contribution in [3.05, 3.63) is 40.4 Å². The Labute approximate surface area is 181 Å². The Morgan fingerprint density at radius 2 is 1.80 bits per heavy atom. The summed E-state index contributed by atoms with van der Waals surface area (Å²) < 4.78 is 33.0. The van der Waals surface area contributed by atoms with Crippen LogP contribution in [0.5, 0.6) is 0 Å². The minimum atomic E-state index is -3.88. The monoisotopic (exact) mass is 453 g/mol. The summed E-state index contributed by atoms with van der Waals surface area (Å²) in [5.74, 6) is -0.982. The van der Waals surface area contributed by atoms with Gasteiger partial charge in [-0.2, -0.15) is 4.72 Å². The Bertz CT molecular complexity index is 998. The zero-order valence-corrected chi connectivity index (χ0v) is 19.3. The predicted octanol–water partition coefficient (Wildman–Crippen LogP) is 3.27. The number of esters is 1. The van der Waals surface area contributed by atoms with E-state index in [4.69, 9.17) is 4.74 Å². The highest BCUT2D eigenvalue weighted by Gasteiger charge is 2.28. The molecule has 0 fully saturated rings. The van der Waals surface area contributed by atoms with Crippen molar-refractivity contribution in [2.24, 2.45) is 5.92 Å². The molecule has 0 saturated heterocycles. The zero-order valence-electron chi connectivity index (χ0n) is 17.7. The Hall–Kier alpha value is -2.30. The lowest BCUT2D eigenvalue weighted by Gasteiger charge is -2.19. The van der Waals surface area contributed by atoms with Gasteiger partial charge in [-0.25, -0.2) is 18.2 Å². The third-order valence-electron chi connectivity index (χ3n) is 4.14. The highest BCUT2D eigenvalue weighted by Crippen LogP contribution is 2.24. The summed E-state index contributed by atoms with van der Waals surface area (Å²) in [5.41, 5.74) is 1.37. The Kier molecular flexibility index (Phi) is 8.10. The van der Waals surface area contributed by atoms with Crippen molar-refractivity contribution < 1.29 is 22.7 Å². The van der Waals surface area contributed by atoms with Gasteiger partial charge in [0.2, 0.25) is 15.9 Å². The second-order valence-corrected chi connectivity index (χ2v) is 9.97. The van der Waals surface area contributed by atoms with Crippen LogP contribution in [0.25, 0.3) is 0 Å². The van der Waals surface area contributed by atoms with Crippen LogP contribution in [0.15, 0.2) is 29.2 Å². The summed E-state index contributed by atoms with van der Waals surface area (Å²) in [5, 5.41) is 2.83. The molecule has 1 aromatic heterocycles. The average Bonchev–Trinajstić information content (AvgIpc) is 3.01. The van der Waals surface area contributed by atoms with Gasteiger partial charge in [0, 0.05) is 0 Å². The number of carbonyl (C=O) groups is 2. The molecule has 2 N–H and O–H groups in total. The predicted molar refractivity (Wildman–Crippen MR) is 116 cm³/mol. The Morgan fingerprint density at radius 3 is 2.37 bits per heavy atom. The van der Waals surface area contributed by atoms with Crippen molar-refractivity contribution in [2.45, 2.75) is 52.0 Å². The second kappa shape index (κ2) is 10.1. The van der Waals surface area contributed by atoms with Crippen molar-refractivity contribution in [2.75, 3.05) is 11.9 Å². The summed E-state index contributed by atoms with van der Waals surface area (Å²) in [6.45, 7) is 9.23. The molecule has 10 heteroatoms. The Balaban J connectivity index is 2.20. The van der Waals surface area contributed by atoms with E-state index in [2.05, 4.69) is 15.0 Å². The molecule has 0 spiro atoms. The molecule has 1 aromatic carbocycles. The van der Waals surface area contributed by atoms with Gasteiger partial charge in [0.25, 0.3) is 0 Å². The van der Waals surface area contributed by atoms with Gasteiger partial charge in [0.15, 0.2) is 5.13 Å². The minimum absolute atomic E-state index is 0.0644. The number of amides is 1. The van der Waals surface area contributed by atoms with E-state index in [1.54, 1.807) is 26.0 Å². The number of thiazole rings is 1. The van der Waals surface area contributed by atoms with Gasteiger partial charge in [0.1, 0.15) is 10.9 Å². The molecule has 2 aromatic rings. The molecule has 0 bridgehead atoms. The number of rotatable bonds is 9. The Morgan fingerprint density at radius 1 is 1.17 bits per heavy atom. The summed E-state index contributed by atoms with van der Waals surface area (Å²) in [7, 11) is -3.88. The second-order valence-electron chi connectivity index (χ2n) is 7.26. The lowest BCUT2D eigenvalue weighted by atomic mass is 10.0. The van der Waals surface area contributed by atoms with Crippen LogP contribution in [0, 0.1) is 19.8 Å². The smallest absolute Gasteiger partial charge is 0.350 e. The zero-order chi connectivity index (χ0) is 22.5.